The molecule has 3 aromatic rings. The molecule has 33 heavy (non-hydrogen) atoms. The lowest BCUT2D eigenvalue weighted by atomic mass is 10.2. The molecule has 1 heterocycles. The molecule has 0 bridgehead atoms. The number of hydrogen-bond donors (Lipinski definition) is 1. The summed E-state index contributed by atoms with van der Waals surface area (Å²) in [5.74, 6) is 1.78. The van der Waals surface area contributed by atoms with Gasteiger partial charge in [0, 0.05) is 34.6 Å². The van der Waals surface area contributed by atoms with E-state index in [1.165, 1.54) is 11.8 Å². The second-order valence-electron chi connectivity index (χ2n) is 7.64. The van der Waals surface area contributed by atoms with Crippen LogP contribution < -0.4 is 14.8 Å². The number of rotatable bonds is 9. The molecule has 0 aliphatic carbocycles. The summed E-state index contributed by atoms with van der Waals surface area (Å²) >= 11 is 7.42. The van der Waals surface area contributed by atoms with E-state index in [1.54, 1.807) is 32.4 Å². The van der Waals surface area contributed by atoms with Gasteiger partial charge in [-0.1, -0.05) is 23.4 Å². The molecule has 10 heteroatoms. The van der Waals surface area contributed by atoms with Gasteiger partial charge in [-0.25, -0.2) is 0 Å². The Bertz CT molecular complexity index is 1080. The highest BCUT2D eigenvalue weighted by Gasteiger charge is 2.24. The normalized spacial score (nSPS) is 13.0. The lowest BCUT2D eigenvalue weighted by molar-refractivity contribution is -0.115. The number of hydrogen-bond acceptors (Lipinski definition) is 7. The minimum absolute atomic E-state index is 0.0101. The molecule has 0 spiro atoms. The van der Waals surface area contributed by atoms with Crippen molar-refractivity contribution < 1.29 is 14.3 Å². The molecule has 0 saturated heterocycles. The maximum atomic E-state index is 13.0. The second kappa shape index (κ2) is 10.9. The van der Waals surface area contributed by atoms with Gasteiger partial charge in [0.15, 0.2) is 11.0 Å². The zero-order chi connectivity index (χ0) is 24.1. The minimum atomic E-state index is -0.444. The Labute approximate surface area is 203 Å². The van der Waals surface area contributed by atoms with E-state index in [2.05, 4.69) is 27.3 Å². The van der Waals surface area contributed by atoms with E-state index in [4.69, 9.17) is 21.1 Å². The predicted molar refractivity (Wildman–Crippen MR) is 132 cm³/mol. The fraction of sp³-hybridized carbons (Fsp3) is 0.348. The van der Waals surface area contributed by atoms with Crippen LogP contribution in [0.4, 0.5) is 5.69 Å². The monoisotopic (exact) mass is 489 g/mol. The Hall–Kier alpha value is -2.75. The molecule has 1 aromatic heterocycles. The number of carbonyl (C=O) groups excluding carboxylic acids is 1. The number of nitrogens with one attached hydrogen (secondary N) is 1. The number of halogens is 1. The summed E-state index contributed by atoms with van der Waals surface area (Å²) in [5, 5.41) is 12.6. The third-order valence-electron chi connectivity index (χ3n) is 5.16. The smallest absolute Gasteiger partial charge is 0.237 e. The molecule has 2 aromatic carbocycles. The minimum Gasteiger partial charge on any atom is -0.497 e. The van der Waals surface area contributed by atoms with Crippen LogP contribution in [0.15, 0.2) is 47.6 Å². The van der Waals surface area contributed by atoms with Gasteiger partial charge < -0.3 is 14.8 Å². The molecule has 8 nitrogen and oxygen atoms in total. The molecular formula is C23H28ClN5O3S. The Morgan fingerprint density at radius 1 is 1.06 bits per heavy atom. The summed E-state index contributed by atoms with van der Waals surface area (Å²) in [5.41, 5.74) is 1.46. The van der Waals surface area contributed by atoms with Crippen molar-refractivity contribution in [1.82, 2.24) is 19.7 Å². The van der Waals surface area contributed by atoms with Crippen LogP contribution in [0, 0.1) is 0 Å². The summed E-state index contributed by atoms with van der Waals surface area (Å²) in [6.45, 7) is 3.88. The summed E-state index contributed by atoms with van der Waals surface area (Å²) in [6, 6.07) is 12.7. The number of methoxy groups -OCH3 is 2. The topological polar surface area (TPSA) is 81.5 Å². The summed E-state index contributed by atoms with van der Waals surface area (Å²) in [4.78, 5) is 15.0. The van der Waals surface area contributed by atoms with Crippen LogP contribution in [0.1, 0.15) is 25.7 Å². The van der Waals surface area contributed by atoms with Crippen LogP contribution >= 0.6 is 23.4 Å². The van der Waals surface area contributed by atoms with Crippen molar-refractivity contribution in [3.8, 4) is 17.2 Å². The molecule has 0 unspecified atom stereocenters. The van der Waals surface area contributed by atoms with Crippen molar-refractivity contribution in [3.05, 3.63) is 53.3 Å². The van der Waals surface area contributed by atoms with Gasteiger partial charge >= 0.3 is 0 Å². The molecule has 0 aliphatic heterocycles. The Balaban J connectivity index is 1.86. The molecular weight excluding hydrogens is 462 g/mol. The molecule has 0 saturated carbocycles. The zero-order valence-electron chi connectivity index (χ0n) is 19.5. The Morgan fingerprint density at radius 3 is 2.21 bits per heavy atom. The molecule has 0 fully saturated rings. The van der Waals surface area contributed by atoms with E-state index in [0.29, 0.717) is 27.4 Å². The van der Waals surface area contributed by atoms with Crippen molar-refractivity contribution >= 4 is 35.0 Å². The standard InChI is InChI=1S/C23H28ClN5O3S/c1-14(28(3)4)21-26-27-23(29(21)18-9-7-16(24)8-10-18)33-15(2)22(30)25-17-11-19(31-5)13-20(12-17)32-6/h7-15H,1-6H3,(H,25,30)/t14-,15-/m1/s1. The van der Waals surface area contributed by atoms with Crippen LogP contribution in [0.5, 0.6) is 11.5 Å². The van der Waals surface area contributed by atoms with Crippen LogP contribution in [0.25, 0.3) is 5.69 Å². The van der Waals surface area contributed by atoms with Gasteiger partial charge in [0.25, 0.3) is 0 Å². The molecule has 0 radical (unpaired) electrons. The summed E-state index contributed by atoms with van der Waals surface area (Å²) in [7, 11) is 7.09. The molecule has 176 valence electrons. The van der Waals surface area contributed by atoms with Crippen molar-refractivity contribution in [3.63, 3.8) is 0 Å². The van der Waals surface area contributed by atoms with Gasteiger partial charge in [-0.05, 0) is 52.2 Å². The average Bonchev–Trinajstić information content (AvgIpc) is 3.21. The zero-order valence-corrected chi connectivity index (χ0v) is 21.1. The van der Waals surface area contributed by atoms with Crippen molar-refractivity contribution in [2.24, 2.45) is 0 Å². The van der Waals surface area contributed by atoms with E-state index in [9.17, 15) is 4.79 Å². The lowest BCUT2D eigenvalue weighted by Crippen LogP contribution is -2.23. The number of carbonyl (C=O) groups is 1. The molecule has 0 aliphatic rings. The summed E-state index contributed by atoms with van der Waals surface area (Å²) in [6.07, 6.45) is 0. The average molecular weight is 490 g/mol. The maximum Gasteiger partial charge on any atom is 0.237 e. The van der Waals surface area contributed by atoms with Crippen LogP contribution in [-0.4, -0.2) is 59.1 Å². The number of thioether (sulfide) groups is 1. The van der Waals surface area contributed by atoms with E-state index in [1.807, 2.05) is 49.9 Å². The number of ether oxygens (including phenoxy) is 2. The largest absolute Gasteiger partial charge is 0.497 e. The third kappa shape index (κ3) is 5.98. The molecule has 3 rings (SSSR count). The van der Waals surface area contributed by atoms with Gasteiger partial charge in [0.1, 0.15) is 11.5 Å². The molecule has 1 N–H and O–H groups in total. The third-order valence-corrected chi connectivity index (χ3v) is 6.46. The predicted octanol–water partition coefficient (Wildman–Crippen LogP) is 4.68. The first kappa shape index (κ1) is 24.9. The number of anilines is 1. The van der Waals surface area contributed by atoms with E-state index in [-0.39, 0.29) is 11.9 Å². The number of aromatic nitrogens is 3. The van der Waals surface area contributed by atoms with Crippen LogP contribution in [-0.2, 0) is 4.79 Å². The van der Waals surface area contributed by atoms with E-state index >= 15 is 0 Å². The first-order chi connectivity index (χ1) is 15.7. The highest BCUT2D eigenvalue weighted by molar-refractivity contribution is 8.00. The first-order valence-electron chi connectivity index (χ1n) is 10.3. The SMILES string of the molecule is COc1cc(NC(=O)[C@@H](C)Sc2nnc([C@@H](C)N(C)C)n2-c2ccc(Cl)cc2)cc(OC)c1. The van der Waals surface area contributed by atoms with Gasteiger partial charge in [0.05, 0.1) is 25.5 Å². The number of benzene rings is 2. The van der Waals surface area contributed by atoms with E-state index in [0.717, 1.165) is 11.5 Å². The highest BCUT2D eigenvalue weighted by Crippen LogP contribution is 2.31. The Morgan fingerprint density at radius 2 is 1.67 bits per heavy atom. The van der Waals surface area contributed by atoms with E-state index < -0.39 is 5.25 Å². The lowest BCUT2D eigenvalue weighted by Gasteiger charge is -2.21. The van der Waals surface area contributed by atoms with Gasteiger partial charge in [-0.3, -0.25) is 14.3 Å². The number of amides is 1. The number of nitrogens with zero attached hydrogens (tertiary/aromatic N) is 4. The van der Waals surface area contributed by atoms with Crippen molar-refractivity contribution in [1.29, 1.82) is 0 Å². The van der Waals surface area contributed by atoms with Gasteiger partial charge in [-0.2, -0.15) is 0 Å². The molecule has 1 amide bonds. The van der Waals surface area contributed by atoms with Crippen LogP contribution in [0.2, 0.25) is 5.02 Å². The summed E-state index contributed by atoms with van der Waals surface area (Å²) < 4.78 is 12.5. The quantitative estimate of drug-likeness (QED) is 0.437. The van der Waals surface area contributed by atoms with Gasteiger partial charge in [-0.15, -0.1) is 10.2 Å². The molecule has 2 atom stereocenters. The van der Waals surface area contributed by atoms with Crippen molar-refractivity contribution in [2.45, 2.75) is 30.3 Å². The first-order valence-corrected chi connectivity index (χ1v) is 11.6. The Kier molecular flexibility index (Phi) is 8.23. The second-order valence-corrected chi connectivity index (χ2v) is 9.39. The van der Waals surface area contributed by atoms with Crippen LogP contribution in [0.3, 0.4) is 0 Å². The highest BCUT2D eigenvalue weighted by atomic mass is 35.5. The fourth-order valence-corrected chi connectivity index (χ4v) is 4.03. The van der Waals surface area contributed by atoms with Crippen molar-refractivity contribution in [2.75, 3.05) is 33.6 Å². The van der Waals surface area contributed by atoms with Gasteiger partial charge in [0.2, 0.25) is 5.91 Å². The maximum absolute atomic E-state index is 13.0. The fourth-order valence-electron chi connectivity index (χ4n) is 3.03.